The third-order valence-corrected chi connectivity index (χ3v) is 3.38. The minimum atomic E-state index is -0.401. The molecular formula is C19H22O. The highest BCUT2D eigenvalue weighted by molar-refractivity contribution is 5.50. The molecule has 20 heavy (non-hydrogen) atoms. The number of allylic oxidation sites excluding steroid dienone is 1. The molecule has 0 aliphatic heterocycles. The maximum Gasteiger partial charge on any atom is 0.0762 e. The average molecular weight is 266 g/mol. The van der Waals surface area contributed by atoms with Gasteiger partial charge >= 0.3 is 0 Å². The van der Waals surface area contributed by atoms with Crippen molar-refractivity contribution in [3.8, 4) is 0 Å². The van der Waals surface area contributed by atoms with Crippen LogP contribution < -0.4 is 0 Å². The van der Waals surface area contributed by atoms with Gasteiger partial charge in [-0.3, -0.25) is 0 Å². The molecule has 1 unspecified atom stereocenters. The van der Waals surface area contributed by atoms with Crippen molar-refractivity contribution < 1.29 is 5.11 Å². The summed E-state index contributed by atoms with van der Waals surface area (Å²) in [6, 6.07) is 18.6. The van der Waals surface area contributed by atoms with E-state index in [1.54, 1.807) is 6.92 Å². The topological polar surface area (TPSA) is 20.2 Å². The number of hydrogen-bond donors (Lipinski definition) is 1. The lowest BCUT2D eigenvalue weighted by Gasteiger charge is -2.04. The molecule has 2 aromatic carbocycles. The molecule has 0 aromatic heterocycles. The molecular weight excluding hydrogens is 244 g/mol. The molecule has 0 radical (unpaired) electrons. The van der Waals surface area contributed by atoms with Gasteiger partial charge < -0.3 is 5.11 Å². The van der Waals surface area contributed by atoms with Crippen molar-refractivity contribution in [1.82, 2.24) is 0 Å². The van der Waals surface area contributed by atoms with E-state index in [-0.39, 0.29) is 0 Å². The monoisotopic (exact) mass is 266 g/mol. The number of aliphatic hydroxyl groups is 1. The molecule has 0 saturated carbocycles. The second kappa shape index (κ2) is 7.66. The fourth-order valence-corrected chi connectivity index (χ4v) is 2.21. The highest BCUT2D eigenvalue weighted by Crippen LogP contribution is 2.15. The van der Waals surface area contributed by atoms with Gasteiger partial charge in [-0.15, -0.1) is 0 Å². The van der Waals surface area contributed by atoms with E-state index in [0.29, 0.717) is 0 Å². The molecule has 1 N–H and O–H groups in total. The highest BCUT2D eigenvalue weighted by Gasteiger charge is 1.99. The van der Waals surface area contributed by atoms with Gasteiger partial charge in [0, 0.05) is 0 Å². The van der Waals surface area contributed by atoms with Crippen LogP contribution in [0.15, 0.2) is 60.7 Å². The van der Waals surface area contributed by atoms with E-state index in [1.165, 1.54) is 5.56 Å². The van der Waals surface area contributed by atoms with E-state index in [4.69, 9.17) is 0 Å². The lowest BCUT2D eigenvalue weighted by atomic mass is 10.1. The Hall–Kier alpha value is -1.86. The van der Waals surface area contributed by atoms with Crippen molar-refractivity contribution in [3.63, 3.8) is 0 Å². The number of benzene rings is 2. The zero-order valence-corrected chi connectivity index (χ0v) is 12.0. The quantitative estimate of drug-likeness (QED) is 0.746. The lowest BCUT2D eigenvalue weighted by Crippen LogP contribution is -1.90. The van der Waals surface area contributed by atoms with Crippen LogP contribution in [0.25, 0.3) is 6.08 Å². The molecule has 0 amide bonds. The van der Waals surface area contributed by atoms with E-state index in [0.717, 1.165) is 30.4 Å². The summed E-state index contributed by atoms with van der Waals surface area (Å²) in [7, 11) is 0. The van der Waals surface area contributed by atoms with Crippen molar-refractivity contribution in [3.05, 3.63) is 77.4 Å². The smallest absolute Gasteiger partial charge is 0.0762 e. The van der Waals surface area contributed by atoms with Crippen molar-refractivity contribution in [1.29, 1.82) is 0 Å². The van der Waals surface area contributed by atoms with Crippen LogP contribution in [0.5, 0.6) is 0 Å². The zero-order chi connectivity index (χ0) is 14.2. The van der Waals surface area contributed by atoms with Crippen LogP contribution in [0.4, 0.5) is 0 Å². The summed E-state index contributed by atoms with van der Waals surface area (Å²) in [6.45, 7) is 1.79. The third-order valence-electron chi connectivity index (χ3n) is 3.38. The molecule has 0 fully saturated rings. The first-order valence-corrected chi connectivity index (χ1v) is 7.24. The van der Waals surface area contributed by atoms with E-state index in [9.17, 15) is 5.11 Å². The minimum absolute atomic E-state index is 0.401. The molecule has 0 saturated heterocycles. The Balaban J connectivity index is 1.80. The van der Waals surface area contributed by atoms with E-state index >= 15 is 0 Å². The van der Waals surface area contributed by atoms with Gasteiger partial charge in [-0.2, -0.15) is 0 Å². The first-order chi connectivity index (χ1) is 9.75. The number of rotatable bonds is 6. The molecule has 104 valence electrons. The maximum atomic E-state index is 9.56. The van der Waals surface area contributed by atoms with Crippen LogP contribution >= 0.6 is 0 Å². The van der Waals surface area contributed by atoms with Crippen molar-refractivity contribution in [2.75, 3.05) is 0 Å². The Morgan fingerprint density at radius 1 is 1.05 bits per heavy atom. The molecule has 0 heterocycles. The summed E-state index contributed by atoms with van der Waals surface area (Å²) >= 11 is 0. The second-order valence-corrected chi connectivity index (χ2v) is 5.13. The minimum Gasteiger partial charge on any atom is -0.389 e. The zero-order valence-electron chi connectivity index (χ0n) is 12.0. The van der Waals surface area contributed by atoms with Crippen LogP contribution in [-0.2, 0) is 6.42 Å². The van der Waals surface area contributed by atoms with Crippen molar-refractivity contribution >= 4 is 6.08 Å². The molecule has 1 nitrogen and oxygen atoms in total. The molecule has 0 aliphatic carbocycles. The molecule has 1 atom stereocenters. The summed E-state index contributed by atoms with van der Waals surface area (Å²) in [5, 5.41) is 9.56. The number of aliphatic hydroxyl groups excluding tert-OH is 1. The summed E-state index contributed by atoms with van der Waals surface area (Å²) in [5.41, 5.74) is 3.52. The number of hydrogen-bond acceptors (Lipinski definition) is 1. The maximum absolute atomic E-state index is 9.56. The third kappa shape index (κ3) is 4.67. The Kier molecular flexibility index (Phi) is 5.57. The molecule has 1 heteroatoms. The Labute approximate surface area is 121 Å². The first-order valence-electron chi connectivity index (χ1n) is 7.24. The Bertz CT molecular complexity index is 541. The van der Waals surface area contributed by atoms with Gasteiger partial charge in [-0.25, -0.2) is 0 Å². The van der Waals surface area contributed by atoms with Gasteiger partial charge in [0.2, 0.25) is 0 Å². The predicted octanol–water partition coefficient (Wildman–Crippen LogP) is 4.78. The summed E-state index contributed by atoms with van der Waals surface area (Å²) in [4.78, 5) is 0. The van der Waals surface area contributed by atoms with Gasteiger partial charge in [0.25, 0.3) is 0 Å². The SMILES string of the molecule is CC(O)c1cccc(C=CCCCc2ccccc2)c1. The molecule has 2 rings (SSSR count). The number of unbranched alkanes of at least 4 members (excludes halogenated alkanes) is 1. The van der Waals surface area contributed by atoms with E-state index in [2.05, 4.69) is 48.6 Å². The highest BCUT2D eigenvalue weighted by atomic mass is 16.3. The van der Waals surface area contributed by atoms with E-state index in [1.807, 2.05) is 18.2 Å². The molecule has 0 spiro atoms. The van der Waals surface area contributed by atoms with Gasteiger partial charge in [-0.05, 0) is 48.9 Å². The Morgan fingerprint density at radius 3 is 2.60 bits per heavy atom. The largest absolute Gasteiger partial charge is 0.389 e. The number of aryl methyl sites for hydroxylation is 1. The molecule has 0 aliphatic rings. The lowest BCUT2D eigenvalue weighted by molar-refractivity contribution is 0.199. The fraction of sp³-hybridized carbons (Fsp3) is 0.263. The summed E-state index contributed by atoms with van der Waals surface area (Å²) < 4.78 is 0. The van der Waals surface area contributed by atoms with Gasteiger partial charge in [0.15, 0.2) is 0 Å². The van der Waals surface area contributed by atoms with Crippen LogP contribution in [0.1, 0.15) is 42.6 Å². The molecule has 0 bridgehead atoms. The Morgan fingerprint density at radius 2 is 1.85 bits per heavy atom. The molecule has 2 aromatic rings. The second-order valence-electron chi connectivity index (χ2n) is 5.13. The predicted molar refractivity (Wildman–Crippen MR) is 85.5 cm³/mol. The summed E-state index contributed by atoms with van der Waals surface area (Å²) in [6.07, 6.45) is 7.31. The average Bonchev–Trinajstić information content (AvgIpc) is 2.48. The van der Waals surface area contributed by atoms with Crippen LogP contribution in [0.2, 0.25) is 0 Å². The van der Waals surface area contributed by atoms with Crippen molar-refractivity contribution in [2.24, 2.45) is 0 Å². The van der Waals surface area contributed by atoms with Crippen LogP contribution in [-0.4, -0.2) is 5.11 Å². The van der Waals surface area contributed by atoms with Crippen LogP contribution in [0, 0.1) is 0 Å². The normalized spacial score (nSPS) is 12.7. The standard InChI is InChI=1S/C19H22O/c1-16(20)19-14-8-13-18(15-19)12-7-3-6-11-17-9-4-2-5-10-17/h2,4-5,7-10,12-16,20H,3,6,11H2,1H3. The summed E-state index contributed by atoms with van der Waals surface area (Å²) in [5.74, 6) is 0. The first kappa shape index (κ1) is 14.5. The van der Waals surface area contributed by atoms with Crippen molar-refractivity contribution in [2.45, 2.75) is 32.3 Å². The fourth-order valence-electron chi connectivity index (χ4n) is 2.21. The van der Waals surface area contributed by atoms with Gasteiger partial charge in [0.1, 0.15) is 0 Å². The van der Waals surface area contributed by atoms with E-state index < -0.39 is 6.10 Å². The van der Waals surface area contributed by atoms with Gasteiger partial charge in [0.05, 0.1) is 6.10 Å². The van der Waals surface area contributed by atoms with Crippen LogP contribution in [0.3, 0.4) is 0 Å². The van der Waals surface area contributed by atoms with Gasteiger partial charge in [-0.1, -0.05) is 60.7 Å².